The molecule has 0 heteroatoms. The normalized spacial score (nSPS) is 13.1. The smallest absolute Gasteiger partial charge is 0.000728 e. The van der Waals surface area contributed by atoms with Crippen molar-refractivity contribution in [2.45, 2.75) is 19.3 Å². The van der Waals surface area contributed by atoms with Crippen LogP contribution in [0.3, 0.4) is 0 Å². The largest absolute Gasteiger partial charge is 0.0619 e. The third-order valence-corrected chi connectivity index (χ3v) is 10.5. The Bertz CT molecular complexity index is 2350. The molecule has 0 fully saturated rings. The molecule has 0 aromatic heterocycles. The monoisotopic (exact) mass is 570 g/mol. The van der Waals surface area contributed by atoms with Gasteiger partial charge >= 0.3 is 0 Å². The van der Waals surface area contributed by atoms with Gasteiger partial charge in [-0.1, -0.05) is 140 Å². The van der Waals surface area contributed by atoms with Gasteiger partial charge < -0.3 is 0 Å². The highest BCUT2D eigenvalue weighted by atomic mass is 14.3. The van der Waals surface area contributed by atoms with Crippen LogP contribution < -0.4 is 0 Å². The maximum atomic E-state index is 2.49. The van der Waals surface area contributed by atoms with Gasteiger partial charge in [-0.05, 0) is 125 Å². The maximum absolute atomic E-state index is 2.49. The zero-order chi connectivity index (χ0) is 29.5. The summed E-state index contributed by atoms with van der Waals surface area (Å²) in [7, 11) is 0. The average molecular weight is 571 g/mol. The Kier molecular flexibility index (Phi) is 5.27. The minimum Gasteiger partial charge on any atom is -0.0619 e. The van der Waals surface area contributed by atoms with E-state index in [4.69, 9.17) is 0 Å². The van der Waals surface area contributed by atoms with E-state index in [1.807, 2.05) is 0 Å². The molecule has 45 heavy (non-hydrogen) atoms. The first-order valence-electron chi connectivity index (χ1n) is 16.1. The second-order valence-electron chi connectivity index (χ2n) is 12.8. The second kappa shape index (κ2) is 9.52. The fourth-order valence-electron chi connectivity index (χ4n) is 8.42. The summed E-state index contributed by atoms with van der Waals surface area (Å²) in [5.41, 5.74) is 24.9. The predicted molar refractivity (Wildman–Crippen MR) is 187 cm³/mol. The van der Waals surface area contributed by atoms with Gasteiger partial charge in [-0.2, -0.15) is 0 Å². The van der Waals surface area contributed by atoms with Crippen molar-refractivity contribution >= 4 is 0 Å². The van der Waals surface area contributed by atoms with E-state index in [1.54, 1.807) is 0 Å². The summed E-state index contributed by atoms with van der Waals surface area (Å²) in [6, 6.07) is 54.7. The van der Waals surface area contributed by atoms with E-state index in [0.717, 1.165) is 19.3 Å². The summed E-state index contributed by atoms with van der Waals surface area (Å²) < 4.78 is 0. The SMILES string of the molecule is c1ccc2c(c1)Cc1c(-c3ccc(-c4cccc5c4Cc4ccccc4-5)c(-c4cccc5c4Cc4ccccc4-5)c3)cccc1-2. The lowest BCUT2D eigenvalue weighted by Gasteiger charge is -2.19. The van der Waals surface area contributed by atoms with Gasteiger partial charge in [0.05, 0.1) is 0 Å². The van der Waals surface area contributed by atoms with E-state index in [1.165, 1.54) is 100 Å². The topological polar surface area (TPSA) is 0 Å². The number of fused-ring (bicyclic) bond motifs is 9. The molecule has 7 aromatic rings. The second-order valence-corrected chi connectivity index (χ2v) is 12.8. The van der Waals surface area contributed by atoms with Crippen LogP contribution in [0.1, 0.15) is 33.4 Å². The minimum atomic E-state index is 0.972. The molecule has 10 rings (SSSR count). The predicted octanol–water partition coefficient (Wildman–Crippen LogP) is 11.4. The van der Waals surface area contributed by atoms with Gasteiger partial charge in [-0.25, -0.2) is 0 Å². The quantitative estimate of drug-likeness (QED) is 0.198. The zero-order valence-corrected chi connectivity index (χ0v) is 25.0. The number of benzene rings is 7. The summed E-state index contributed by atoms with van der Waals surface area (Å²) in [4.78, 5) is 0. The van der Waals surface area contributed by atoms with Crippen LogP contribution in [0.4, 0.5) is 0 Å². The van der Waals surface area contributed by atoms with Gasteiger partial charge in [-0.15, -0.1) is 0 Å². The molecule has 0 aliphatic heterocycles. The highest BCUT2D eigenvalue weighted by Gasteiger charge is 2.27. The van der Waals surface area contributed by atoms with Crippen LogP contribution in [0.5, 0.6) is 0 Å². The first-order chi connectivity index (χ1) is 22.3. The summed E-state index contributed by atoms with van der Waals surface area (Å²) in [6.45, 7) is 0. The summed E-state index contributed by atoms with van der Waals surface area (Å²) in [5, 5.41) is 0. The minimum absolute atomic E-state index is 0.972. The highest BCUT2D eigenvalue weighted by molar-refractivity contribution is 5.96. The standard InChI is InChI=1S/C45H30/c1-4-13-32-28(10-1)24-42-35(16-7-17-36(32)42)31-22-23-41(39-20-8-18-37-33-14-5-2-11-29(33)25-43(37)39)45(27-31)40-21-9-19-38-34-15-6-3-12-30(34)26-44(38)40/h1-23,27H,24-26H2. The van der Waals surface area contributed by atoms with Gasteiger partial charge in [0, 0.05) is 0 Å². The van der Waals surface area contributed by atoms with Gasteiger partial charge in [0.2, 0.25) is 0 Å². The van der Waals surface area contributed by atoms with Crippen molar-refractivity contribution < 1.29 is 0 Å². The Morgan fingerprint density at radius 3 is 1.09 bits per heavy atom. The molecular formula is C45H30. The first-order valence-corrected chi connectivity index (χ1v) is 16.1. The van der Waals surface area contributed by atoms with E-state index >= 15 is 0 Å². The summed E-state index contributed by atoms with van der Waals surface area (Å²) in [5.74, 6) is 0. The van der Waals surface area contributed by atoms with Crippen LogP contribution in [0, 0.1) is 0 Å². The molecule has 0 saturated carbocycles. The van der Waals surface area contributed by atoms with E-state index < -0.39 is 0 Å². The third-order valence-electron chi connectivity index (χ3n) is 10.5. The van der Waals surface area contributed by atoms with Crippen LogP contribution >= 0.6 is 0 Å². The molecule has 0 unspecified atom stereocenters. The molecule has 3 aliphatic rings. The molecule has 3 aliphatic carbocycles. The fraction of sp³-hybridized carbons (Fsp3) is 0.0667. The maximum Gasteiger partial charge on any atom is -0.000728 e. The Balaban J connectivity index is 1.21. The Labute approximate surface area is 264 Å². The molecule has 0 radical (unpaired) electrons. The first kappa shape index (κ1) is 24.9. The van der Waals surface area contributed by atoms with Crippen molar-refractivity contribution in [1.82, 2.24) is 0 Å². The lowest BCUT2D eigenvalue weighted by molar-refractivity contribution is 1.25. The van der Waals surface area contributed by atoms with E-state index in [2.05, 4.69) is 146 Å². The van der Waals surface area contributed by atoms with Crippen LogP contribution in [0.15, 0.2) is 146 Å². The van der Waals surface area contributed by atoms with E-state index in [-0.39, 0.29) is 0 Å². The van der Waals surface area contributed by atoms with Crippen LogP contribution in [-0.4, -0.2) is 0 Å². The van der Waals surface area contributed by atoms with Crippen molar-refractivity contribution in [3.05, 3.63) is 179 Å². The summed E-state index contributed by atoms with van der Waals surface area (Å²) >= 11 is 0. The third kappa shape index (κ3) is 3.66. The van der Waals surface area contributed by atoms with Gasteiger partial charge in [0.25, 0.3) is 0 Å². The molecule has 0 atom stereocenters. The zero-order valence-electron chi connectivity index (χ0n) is 25.0. The van der Waals surface area contributed by atoms with Crippen molar-refractivity contribution in [3.8, 4) is 66.8 Å². The molecule has 0 spiro atoms. The molecule has 7 aromatic carbocycles. The average Bonchev–Trinajstić information content (AvgIpc) is 3.79. The molecule has 0 nitrogen and oxygen atoms in total. The number of rotatable bonds is 3. The Morgan fingerprint density at radius 2 is 0.600 bits per heavy atom. The number of hydrogen-bond donors (Lipinski definition) is 0. The lowest BCUT2D eigenvalue weighted by Crippen LogP contribution is -1.96. The van der Waals surface area contributed by atoms with Crippen LogP contribution in [-0.2, 0) is 19.3 Å². The number of hydrogen-bond acceptors (Lipinski definition) is 0. The molecule has 0 heterocycles. The Morgan fingerprint density at radius 1 is 0.244 bits per heavy atom. The van der Waals surface area contributed by atoms with Crippen LogP contribution in [0.25, 0.3) is 66.8 Å². The van der Waals surface area contributed by atoms with Crippen molar-refractivity contribution in [2.75, 3.05) is 0 Å². The van der Waals surface area contributed by atoms with E-state index in [9.17, 15) is 0 Å². The highest BCUT2D eigenvalue weighted by Crippen LogP contribution is 2.49. The molecular weight excluding hydrogens is 540 g/mol. The Hall–Kier alpha value is -5.46. The van der Waals surface area contributed by atoms with Gasteiger partial charge in [0.1, 0.15) is 0 Å². The van der Waals surface area contributed by atoms with Crippen molar-refractivity contribution in [2.24, 2.45) is 0 Å². The lowest BCUT2D eigenvalue weighted by atomic mass is 9.85. The van der Waals surface area contributed by atoms with Crippen molar-refractivity contribution in [3.63, 3.8) is 0 Å². The fourth-order valence-corrected chi connectivity index (χ4v) is 8.42. The molecule has 0 saturated heterocycles. The van der Waals surface area contributed by atoms with Gasteiger partial charge in [-0.3, -0.25) is 0 Å². The molecule has 210 valence electrons. The van der Waals surface area contributed by atoms with Crippen molar-refractivity contribution in [1.29, 1.82) is 0 Å². The molecule has 0 bridgehead atoms. The molecule has 0 amide bonds. The summed E-state index contributed by atoms with van der Waals surface area (Å²) in [6.07, 6.45) is 2.94. The van der Waals surface area contributed by atoms with Gasteiger partial charge in [0.15, 0.2) is 0 Å². The van der Waals surface area contributed by atoms with Crippen LogP contribution in [0.2, 0.25) is 0 Å². The van der Waals surface area contributed by atoms with E-state index in [0.29, 0.717) is 0 Å². The molecule has 0 N–H and O–H groups in total.